The number of hydrogen-bond acceptors (Lipinski definition) is 3. The molecule has 1 aromatic rings. The summed E-state index contributed by atoms with van der Waals surface area (Å²) in [5.74, 6) is 1.33. The molecule has 0 aliphatic rings. The van der Waals surface area contributed by atoms with E-state index >= 15 is 0 Å². The van der Waals surface area contributed by atoms with Gasteiger partial charge in [0.15, 0.2) is 5.96 Å². The molecule has 23 heavy (non-hydrogen) atoms. The Bertz CT molecular complexity index is 462. The van der Waals surface area contributed by atoms with Crippen molar-refractivity contribution in [3.05, 3.63) is 29.0 Å². The number of aliphatic imine (C=N–C) groups is 1. The second-order valence-corrected chi connectivity index (χ2v) is 6.08. The molecule has 0 radical (unpaired) electrons. The van der Waals surface area contributed by atoms with Crippen LogP contribution in [0.2, 0.25) is 5.15 Å². The molecule has 0 saturated carbocycles. The molecule has 5 nitrogen and oxygen atoms in total. The Hall–Kier alpha value is -1.33. The number of hydrogen-bond donors (Lipinski definition) is 2. The van der Waals surface area contributed by atoms with Crippen molar-refractivity contribution in [1.82, 2.24) is 15.6 Å². The standard InChI is InChI=1S/C17H29ClN4O/c1-5-23-15(13(2)3)9-11-21-17(19-4)20-10-8-14-6-7-16(18)22-12-14/h6-7,12-13,15H,5,8-11H2,1-4H3,(H2,19,20,21). The molecule has 0 aliphatic heterocycles. The first-order valence-corrected chi connectivity index (χ1v) is 8.61. The average Bonchev–Trinajstić information content (AvgIpc) is 2.54. The van der Waals surface area contributed by atoms with Gasteiger partial charge in [0.25, 0.3) is 0 Å². The molecule has 2 N–H and O–H groups in total. The highest BCUT2D eigenvalue weighted by Gasteiger charge is 2.12. The predicted molar refractivity (Wildman–Crippen MR) is 97.2 cm³/mol. The number of pyridine rings is 1. The molecule has 0 aliphatic carbocycles. The van der Waals surface area contributed by atoms with E-state index in [0.29, 0.717) is 11.1 Å². The van der Waals surface area contributed by atoms with Gasteiger partial charge < -0.3 is 15.4 Å². The molecule has 1 atom stereocenters. The summed E-state index contributed by atoms with van der Waals surface area (Å²) >= 11 is 5.78. The highest BCUT2D eigenvalue weighted by molar-refractivity contribution is 6.29. The van der Waals surface area contributed by atoms with Gasteiger partial charge >= 0.3 is 0 Å². The van der Waals surface area contributed by atoms with E-state index in [2.05, 4.69) is 34.5 Å². The number of ether oxygens (including phenoxy) is 1. The first kappa shape index (κ1) is 19.7. The van der Waals surface area contributed by atoms with E-state index < -0.39 is 0 Å². The van der Waals surface area contributed by atoms with Crippen molar-refractivity contribution in [3.8, 4) is 0 Å². The predicted octanol–water partition coefficient (Wildman–Crippen LogP) is 2.89. The minimum Gasteiger partial charge on any atom is -0.378 e. The Morgan fingerprint density at radius 3 is 2.61 bits per heavy atom. The number of nitrogens with one attached hydrogen (secondary N) is 2. The Morgan fingerprint density at radius 1 is 1.30 bits per heavy atom. The van der Waals surface area contributed by atoms with Crippen LogP contribution in [0.1, 0.15) is 32.8 Å². The van der Waals surface area contributed by atoms with E-state index in [1.807, 2.05) is 19.1 Å². The number of aromatic nitrogens is 1. The molecular weight excluding hydrogens is 312 g/mol. The fourth-order valence-electron chi connectivity index (χ4n) is 2.26. The highest BCUT2D eigenvalue weighted by atomic mass is 35.5. The van der Waals surface area contributed by atoms with E-state index in [4.69, 9.17) is 16.3 Å². The van der Waals surface area contributed by atoms with Gasteiger partial charge in [0.05, 0.1) is 6.10 Å². The summed E-state index contributed by atoms with van der Waals surface area (Å²) in [6, 6.07) is 3.80. The number of halogens is 1. The Morgan fingerprint density at radius 2 is 2.04 bits per heavy atom. The molecular formula is C17H29ClN4O. The largest absolute Gasteiger partial charge is 0.378 e. The maximum atomic E-state index is 5.78. The lowest BCUT2D eigenvalue weighted by molar-refractivity contribution is 0.0258. The van der Waals surface area contributed by atoms with Gasteiger partial charge in [0, 0.05) is 32.9 Å². The fourth-order valence-corrected chi connectivity index (χ4v) is 2.37. The van der Waals surface area contributed by atoms with Crippen molar-refractivity contribution < 1.29 is 4.74 Å². The molecule has 0 bridgehead atoms. The number of rotatable bonds is 9. The van der Waals surface area contributed by atoms with E-state index in [1.54, 1.807) is 13.2 Å². The molecule has 0 fully saturated rings. The summed E-state index contributed by atoms with van der Waals surface area (Å²) in [5, 5.41) is 7.16. The monoisotopic (exact) mass is 340 g/mol. The normalized spacial score (nSPS) is 13.2. The molecule has 6 heteroatoms. The SMILES string of the molecule is CCOC(CCNC(=NC)NCCc1ccc(Cl)nc1)C(C)C. The summed E-state index contributed by atoms with van der Waals surface area (Å²) < 4.78 is 5.75. The van der Waals surface area contributed by atoms with Gasteiger partial charge in [-0.05, 0) is 37.3 Å². The molecule has 1 rings (SSSR count). The lowest BCUT2D eigenvalue weighted by Crippen LogP contribution is -2.40. The Kier molecular flexibility index (Phi) is 9.64. The minimum absolute atomic E-state index is 0.283. The van der Waals surface area contributed by atoms with Crippen LogP contribution in [0.15, 0.2) is 23.3 Å². The van der Waals surface area contributed by atoms with Gasteiger partial charge in [-0.3, -0.25) is 4.99 Å². The lowest BCUT2D eigenvalue weighted by Gasteiger charge is -2.21. The topological polar surface area (TPSA) is 58.5 Å². The molecule has 130 valence electrons. The number of guanidine groups is 1. The molecule has 0 saturated heterocycles. The quantitative estimate of drug-likeness (QED) is 0.412. The van der Waals surface area contributed by atoms with Crippen molar-refractivity contribution in [2.24, 2.45) is 10.9 Å². The first-order chi connectivity index (χ1) is 11.1. The van der Waals surface area contributed by atoms with Crippen LogP contribution in [0, 0.1) is 5.92 Å². The van der Waals surface area contributed by atoms with Crippen LogP contribution in [0.5, 0.6) is 0 Å². The zero-order valence-electron chi connectivity index (χ0n) is 14.6. The van der Waals surface area contributed by atoms with E-state index in [-0.39, 0.29) is 6.10 Å². The molecule has 1 unspecified atom stereocenters. The summed E-state index contributed by atoms with van der Waals surface area (Å²) in [6.07, 6.45) is 3.92. The second kappa shape index (κ2) is 11.2. The van der Waals surface area contributed by atoms with Gasteiger partial charge in [0.1, 0.15) is 5.15 Å². The van der Waals surface area contributed by atoms with Crippen LogP contribution >= 0.6 is 11.6 Å². The van der Waals surface area contributed by atoms with Crippen molar-refractivity contribution >= 4 is 17.6 Å². The number of nitrogens with zero attached hydrogens (tertiary/aromatic N) is 2. The van der Waals surface area contributed by atoms with E-state index in [9.17, 15) is 0 Å². The maximum absolute atomic E-state index is 5.78. The van der Waals surface area contributed by atoms with E-state index in [0.717, 1.165) is 44.1 Å². The van der Waals surface area contributed by atoms with Gasteiger partial charge in [-0.2, -0.15) is 0 Å². The molecule has 1 heterocycles. The lowest BCUT2D eigenvalue weighted by atomic mass is 10.0. The van der Waals surface area contributed by atoms with Crippen molar-refractivity contribution in [2.75, 3.05) is 26.7 Å². The van der Waals surface area contributed by atoms with Crippen molar-refractivity contribution in [2.45, 2.75) is 39.7 Å². The van der Waals surface area contributed by atoms with Crippen LogP contribution < -0.4 is 10.6 Å². The van der Waals surface area contributed by atoms with Crippen LogP contribution in [0.3, 0.4) is 0 Å². The Labute approximate surface area is 144 Å². The molecule has 0 aromatic carbocycles. The molecule has 0 amide bonds. The highest BCUT2D eigenvalue weighted by Crippen LogP contribution is 2.09. The third-order valence-electron chi connectivity index (χ3n) is 3.56. The van der Waals surface area contributed by atoms with Crippen LogP contribution in [-0.4, -0.2) is 43.8 Å². The molecule has 1 aromatic heterocycles. The first-order valence-electron chi connectivity index (χ1n) is 8.23. The van der Waals surface area contributed by atoms with Crippen molar-refractivity contribution in [1.29, 1.82) is 0 Å². The van der Waals surface area contributed by atoms with Crippen LogP contribution in [0.25, 0.3) is 0 Å². The second-order valence-electron chi connectivity index (χ2n) is 5.69. The van der Waals surface area contributed by atoms with Gasteiger partial charge in [-0.1, -0.05) is 31.5 Å². The Balaban J connectivity index is 2.27. The van der Waals surface area contributed by atoms with Crippen LogP contribution in [-0.2, 0) is 11.2 Å². The van der Waals surface area contributed by atoms with Gasteiger partial charge in [0.2, 0.25) is 0 Å². The zero-order chi connectivity index (χ0) is 17.1. The summed E-state index contributed by atoms with van der Waals surface area (Å²) in [6.45, 7) is 8.80. The zero-order valence-corrected chi connectivity index (χ0v) is 15.4. The van der Waals surface area contributed by atoms with Crippen molar-refractivity contribution in [3.63, 3.8) is 0 Å². The maximum Gasteiger partial charge on any atom is 0.190 e. The third-order valence-corrected chi connectivity index (χ3v) is 3.79. The molecule has 0 spiro atoms. The smallest absolute Gasteiger partial charge is 0.190 e. The minimum atomic E-state index is 0.283. The average molecular weight is 341 g/mol. The van der Waals surface area contributed by atoms with Gasteiger partial charge in [-0.25, -0.2) is 4.98 Å². The van der Waals surface area contributed by atoms with Crippen LogP contribution in [0.4, 0.5) is 0 Å². The summed E-state index contributed by atoms with van der Waals surface area (Å²) in [5.41, 5.74) is 1.15. The van der Waals surface area contributed by atoms with Gasteiger partial charge in [-0.15, -0.1) is 0 Å². The third kappa shape index (κ3) is 8.18. The fraction of sp³-hybridized carbons (Fsp3) is 0.647. The summed E-state index contributed by atoms with van der Waals surface area (Å²) in [7, 11) is 1.78. The van der Waals surface area contributed by atoms with E-state index in [1.165, 1.54) is 0 Å². The summed E-state index contributed by atoms with van der Waals surface area (Å²) in [4.78, 5) is 8.32.